The zero-order valence-electron chi connectivity index (χ0n) is 11.4. The summed E-state index contributed by atoms with van der Waals surface area (Å²) < 4.78 is 0. The Labute approximate surface area is 118 Å². The van der Waals surface area contributed by atoms with Crippen LogP contribution in [-0.4, -0.2) is 5.96 Å². The van der Waals surface area contributed by atoms with E-state index in [1.54, 1.807) is 0 Å². The lowest BCUT2D eigenvalue weighted by Crippen LogP contribution is -2.22. The third kappa shape index (κ3) is 2.89. The Balaban J connectivity index is 2.53. The summed E-state index contributed by atoms with van der Waals surface area (Å²) in [4.78, 5) is 4.02. The number of anilines is 1. The van der Waals surface area contributed by atoms with Crippen LogP contribution in [0.1, 0.15) is 11.1 Å². The summed E-state index contributed by atoms with van der Waals surface area (Å²) in [5.74, 6) is -0.00557. The second kappa shape index (κ2) is 5.63. The van der Waals surface area contributed by atoms with Gasteiger partial charge in [-0.25, -0.2) is 4.99 Å². The summed E-state index contributed by atoms with van der Waals surface area (Å²) in [6.07, 6.45) is 0. The van der Waals surface area contributed by atoms with Crippen LogP contribution in [0.25, 0.3) is 11.1 Å². The molecular weight excluding hydrogens is 250 g/mol. The van der Waals surface area contributed by atoms with Crippen LogP contribution in [0.15, 0.2) is 41.4 Å². The van der Waals surface area contributed by atoms with Gasteiger partial charge in [0.2, 0.25) is 0 Å². The SMILES string of the molecule is Cc1cc(N=C(N)N)c(N)cc1-c1cccc(CN)c1. The van der Waals surface area contributed by atoms with Crippen molar-refractivity contribution in [3.63, 3.8) is 0 Å². The molecule has 104 valence electrons. The molecule has 0 aliphatic rings. The van der Waals surface area contributed by atoms with Crippen LogP contribution in [0, 0.1) is 6.92 Å². The fourth-order valence-electron chi connectivity index (χ4n) is 2.12. The van der Waals surface area contributed by atoms with E-state index in [1.165, 1.54) is 0 Å². The quantitative estimate of drug-likeness (QED) is 0.384. The lowest BCUT2D eigenvalue weighted by molar-refractivity contribution is 1.07. The normalized spacial score (nSPS) is 10.3. The second-order valence-corrected chi connectivity index (χ2v) is 4.67. The van der Waals surface area contributed by atoms with Gasteiger partial charge in [0, 0.05) is 6.54 Å². The summed E-state index contributed by atoms with van der Waals surface area (Å²) in [5, 5.41) is 0. The van der Waals surface area contributed by atoms with Gasteiger partial charge in [0.1, 0.15) is 0 Å². The van der Waals surface area contributed by atoms with Crippen LogP contribution in [0.2, 0.25) is 0 Å². The highest BCUT2D eigenvalue weighted by molar-refractivity contribution is 5.84. The Morgan fingerprint density at radius 3 is 2.55 bits per heavy atom. The monoisotopic (exact) mass is 269 g/mol. The summed E-state index contributed by atoms with van der Waals surface area (Å²) in [7, 11) is 0. The molecule has 2 aromatic rings. The van der Waals surface area contributed by atoms with E-state index in [-0.39, 0.29) is 5.96 Å². The average Bonchev–Trinajstić information content (AvgIpc) is 2.42. The third-order valence-corrected chi connectivity index (χ3v) is 3.10. The van der Waals surface area contributed by atoms with Crippen molar-refractivity contribution in [3.05, 3.63) is 47.5 Å². The van der Waals surface area contributed by atoms with Crippen molar-refractivity contribution >= 4 is 17.3 Å². The predicted octanol–water partition coefficient (Wildman–Crippen LogP) is 1.61. The molecule has 0 heterocycles. The number of nitrogens with two attached hydrogens (primary N) is 4. The van der Waals surface area contributed by atoms with Gasteiger partial charge in [-0.15, -0.1) is 0 Å². The lowest BCUT2D eigenvalue weighted by Gasteiger charge is -2.11. The molecule has 0 radical (unpaired) electrons. The third-order valence-electron chi connectivity index (χ3n) is 3.10. The van der Waals surface area contributed by atoms with E-state index >= 15 is 0 Å². The number of benzene rings is 2. The topological polar surface area (TPSA) is 116 Å². The van der Waals surface area contributed by atoms with Gasteiger partial charge in [0.25, 0.3) is 0 Å². The molecule has 0 unspecified atom stereocenters. The van der Waals surface area contributed by atoms with Gasteiger partial charge in [-0.05, 0) is 47.4 Å². The maximum Gasteiger partial charge on any atom is 0.191 e. The second-order valence-electron chi connectivity index (χ2n) is 4.67. The van der Waals surface area contributed by atoms with E-state index in [9.17, 15) is 0 Å². The van der Waals surface area contributed by atoms with Gasteiger partial charge in [0.05, 0.1) is 11.4 Å². The van der Waals surface area contributed by atoms with Crippen molar-refractivity contribution in [1.82, 2.24) is 0 Å². The van der Waals surface area contributed by atoms with Crippen LogP contribution >= 0.6 is 0 Å². The minimum absolute atomic E-state index is 0.00557. The molecule has 8 N–H and O–H groups in total. The smallest absolute Gasteiger partial charge is 0.191 e. The van der Waals surface area contributed by atoms with Crippen LogP contribution in [0.3, 0.4) is 0 Å². The molecule has 0 fully saturated rings. The first kappa shape index (κ1) is 13.9. The number of guanidine groups is 1. The van der Waals surface area contributed by atoms with Crippen molar-refractivity contribution in [2.75, 3.05) is 5.73 Å². The van der Waals surface area contributed by atoms with Gasteiger partial charge in [-0.3, -0.25) is 0 Å². The number of aliphatic imine (C=N–C) groups is 1. The Kier molecular flexibility index (Phi) is 3.91. The highest BCUT2D eigenvalue weighted by atomic mass is 15.0. The van der Waals surface area contributed by atoms with E-state index in [0.717, 1.165) is 22.3 Å². The first-order valence-corrected chi connectivity index (χ1v) is 6.30. The standard InChI is InChI=1S/C15H19N5/c1-9-5-14(20-15(18)19)13(17)7-12(9)11-4-2-3-10(6-11)8-16/h2-7H,8,16-17H2,1H3,(H4,18,19,20). The molecule has 0 atom stereocenters. The molecule has 0 aliphatic carbocycles. The van der Waals surface area contributed by atoms with Gasteiger partial charge in [-0.2, -0.15) is 0 Å². The fourth-order valence-corrected chi connectivity index (χ4v) is 2.12. The molecule has 20 heavy (non-hydrogen) atoms. The number of hydrogen-bond acceptors (Lipinski definition) is 3. The van der Waals surface area contributed by atoms with E-state index in [2.05, 4.69) is 11.1 Å². The summed E-state index contributed by atoms with van der Waals surface area (Å²) in [6, 6.07) is 11.8. The number of nitrogens with zero attached hydrogens (tertiary/aromatic N) is 1. The molecule has 0 bridgehead atoms. The van der Waals surface area contributed by atoms with Crippen molar-refractivity contribution in [1.29, 1.82) is 0 Å². The summed E-state index contributed by atoms with van der Waals surface area (Å²) >= 11 is 0. The van der Waals surface area contributed by atoms with Gasteiger partial charge in [-0.1, -0.05) is 18.2 Å². The molecule has 0 saturated carbocycles. The molecular formula is C15H19N5. The fraction of sp³-hybridized carbons (Fsp3) is 0.133. The number of aryl methyl sites for hydroxylation is 1. The number of rotatable bonds is 3. The Hall–Kier alpha value is -2.53. The molecule has 0 spiro atoms. The van der Waals surface area contributed by atoms with Crippen molar-refractivity contribution in [3.8, 4) is 11.1 Å². The van der Waals surface area contributed by atoms with Crippen LogP contribution in [0.5, 0.6) is 0 Å². The lowest BCUT2D eigenvalue weighted by atomic mass is 9.97. The van der Waals surface area contributed by atoms with E-state index in [4.69, 9.17) is 22.9 Å². The first-order chi connectivity index (χ1) is 9.51. The van der Waals surface area contributed by atoms with Gasteiger partial charge >= 0.3 is 0 Å². The minimum Gasteiger partial charge on any atom is -0.397 e. The van der Waals surface area contributed by atoms with Gasteiger partial charge in [0.15, 0.2) is 5.96 Å². The number of hydrogen-bond donors (Lipinski definition) is 4. The van der Waals surface area contributed by atoms with Crippen molar-refractivity contribution in [2.24, 2.45) is 22.2 Å². The Morgan fingerprint density at radius 2 is 1.90 bits per heavy atom. The zero-order chi connectivity index (χ0) is 14.7. The summed E-state index contributed by atoms with van der Waals surface area (Å²) in [6.45, 7) is 2.50. The Bertz CT molecular complexity index is 657. The number of nitrogen functional groups attached to an aromatic ring is 1. The molecule has 0 amide bonds. The maximum atomic E-state index is 6.00. The molecule has 0 saturated heterocycles. The predicted molar refractivity (Wildman–Crippen MR) is 84.4 cm³/mol. The van der Waals surface area contributed by atoms with Gasteiger partial charge < -0.3 is 22.9 Å². The molecule has 0 aliphatic heterocycles. The van der Waals surface area contributed by atoms with E-state index < -0.39 is 0 Å². The molecule has 2 rings (SSSR count). The Morgan fingerprint density at radius 1 is 1.15 bits per heavy atom. The highest BCUT2D eigenvalue weighted by Crippen LogP contribution is 2.32. The van der Waals surface area contributed by atoms with E-state index in [0.29, 0.717) is 17.9 Å². The molecule has 5 nitrogen and oxygen atoms in total. The van der Waals surface area contributed by atoms with Crippen LogP contribution in [0.4, 0.5) is 11.4 Å². The average molecular weight is 269 g/mol. The maximum absolute atomic E-state index is 6.00. The molecule has 5 heteroatoms. The molecule has 0 aromatic heterocycles. The zero-order valence-corrected chi connectivity index (χ0v) is 11.4. The van der Waals surface area contributed by atoms with Crippen LogP contribution in [-0.2, 0) is 6.54 Å². The minimum atomic E-state index is -0.00557. The first-order valence-electron chi connectivity index (χ1n) is 6.30. The molecule has 2 aromatic carbocycles. The van der Waals surface area contributed by atoms with E-state index in [1.807, 2.05) is 37.3 Å². The van der Waals surface area contributed by atoms with Crippen molar-refractivity contribution in [2.45, 2.75) is 13.5 Å². The van der Waals surface area contributed by atoms with Crippen molar-refractivity contribution < 1.29 is 0 Å². The largest absolute Gasteiger partial charge is 0.397 e. The van der Waals surface area contributed by atoms with Crippen LogP contribution < -0.4 is 22.9 Å². The summed E-state index contributed by atoms with van der Waals surface area (Å²) in [5.41, 5.74) is 27.8. The highest BCUT2D eigenvalue weighted by Gasteiger charge is 2.07.